The molecule has 0 spiro atoms. The Morgan fingerprint density at radius 1 is 1.20 bits per heavy atom. The number of benzene rings is 1. The molecule has 2 aliphatic rings. The molecule has 110 valence electrons. The van der Waals surface area contributed by atoms with Crippen molar-refractivity contribution >= 4 is 0 Å². The van der Waals surface area contributed by atoms with E-state index in [0.29, 0.717) is 12.0 Å². The van der Waals surface area contributed by atoms with E-state index in [0.717, 1.165) is 30.2 Å². The summed E-state index contributed by atoms with van der Waals surface area (Å²) in [5, 5.41) is 10.4. The van der Waals surface area contributed by atoms with E-state index in [1.165, 1.54) is 12.8 Å². The zero-order valence-electron chi connectivity index (χ0n) is 12.3. The fraction of sp³-hybridized carbons (Fsp3) is 0.625. The molecule has 1 aromatic rings. The number of ether oxygens (including phenoxy) is 2. The number of β-amino-alcohol motifs (C(OH)–C–C–N with tert-alkyl or cyclic N) is 1. The largest absolute Gasteiger partial charge is 0.454 e. The zero-order chi connectivity index (χ0) is 14.2. The first-order valence-electron chi connectivity index (χ1n) is 7.33. The summed E-state index contributed by atoms with van der Waals surface area (Å²) in [6.07, 6.45) is 1.92. The summed E-state index contributed by atoms with van der Waals surface area (Å²) in [4.78, 5) is 2.35. The third kappa shape index (κ3) is 2.91. The van der Waals surface area contributed by atoms with Gasteiger partial charge in [0.25, 0.3) is 0 Å². The molecule has 0 aromatic heterocycles. The van der Waals surface area contributed by atoms with Crippen LogP contribution in [0.5, 0.6) is 11.5 Å². The fourth-order valence-electron chi connectivity index (χ4n) is 2.81. The molecule has 4 nitrogen and oxygen atoms in total. The molecule has 0 radical (unpaired) electrons. The molecule has 1 N–H and O–H groups in total. The maximum absolute atomic E-state index is 10.4. The van der Waals surface area contributed by atoms with Crippen LogP contribution in [0.2, 0.25) is 0 Å². The second-order valence-corrected chi connectivity index (χ2v) is 6.59. The molecule has 20 heavy (non-hydrogen) atoms. The van der Waals surface area contributed by atoms with Crippen LogP contribution in [0.1, 0.15) is 38.4 Å². The summed E-state index contributed by atoms with van der Waals surface area (Å²) in [5.74, 6) is 1.50. The Hall–Kier alpha value is -1.26. The van der Waals surface area contributed by atoms with Gasteiger partial charge in [-0.15, -0.1) is 0 Å². The van der Waals surface area contributed by atoms with Gasteiger partial charge < -0.3 is 19.5 Å². The molecule has 1 unspecified atom stereocenters. The van der Waals surface area contributed by atoms with Gasteiger partial charge in [0.15, 0.2) is 11.5 Å². The number of aliphatic hydroxyl groups excluding tert-OH is 1. The van der Waals surface area contributed by atoms with Gasteiger partial charge in [0.1, 0.15) is 0 Å². The quantitative estimate of drug-likeness (QED) is 0.922. The maximum atomic E-state index is 10.4. The summed E-state index contributed by atoms with van der Waals surface area (Å²) in [7, 11) is 0. The van der Waals surface area contributed by atoms with Crippen LogP contribution in [0.25, 0.3) is 0 Å². The molecule has 0 bridgehead atoms. The Bertz CT molecular complexity index is 477. The van der Waals surface area contributed by atoms with Crippen molar-refractivity contribution in [1.29, 1.82) is 0 Å². The summed E-state index contributed by atoms with van der Waals surface area (Å²) < 4.78 is 10.7. The lowest BCUT2D eigenvalue weighted by molar-refractivity contribution is 0.0702. The van der Waals surface area contributed by atoms with Gasteiger partial charge in [-0.1, -0.05) is 19.9 Å². The third-order valence-electron chi connectivity index (χ3n) is 4.42. The molecule has 1 atom stereocenters. The molecule has 1 aromatic carbocycles. The highest BCUT2D eigenvalue weighted by atomic mass is 16.7. The molecule has 3 rings (SSSR count). The van der Waals surface area contributed by atoms with E-state index in [4.69, 9.17) is 9.47 Å². The minimum atomic E-state index is -0.467. The monoisotopic (exact) mass is 277 g/mol. The van der Waals surface area contributed by atoms with Gasteiger partial charge in [0.05, 0.1) is 6.10 Å². The number of piperidine rings is 1. The lowest BCUT2D eigenvalue weighted by Gasteiger charge is -2.37. The third-order valence-corrected chi connectivity index (χ3v) is 4.42. The van der Waals surface area contributed by atoms with E-state index in [2.05, 4.69) is 18.7 Å². The van der Waals surface area contributed by atoms with Crippen LogP contribution >= 0.6 is 0 Å². The molecule has 1 saturated heterocycles. The summed E-state index contributed by atoms with van der Waals surface area (Å²) in [6, 6.07) is 5.69. The number of likely N-dealkylation sites (tertiary alicyclic amines) is 1. The number of nitrogens with zero attached hydrogens (tertiary/aromatic N) is 1. The summed E-state index contributed by atoms with van der Waals surface area (Å²) in [6.45, 7) is 7.73. The Labute approximate surface area is 120 Å². The normalized spacial score (nSPS) is 22.8. The Morgan fingerprint density at radius 3 is 2.65 bits per heavy atom. The van der Waals surface area contributed by atoms with Crippen LogP contribution in [0.15, 0.2) is 18.2 Å². The minimum Gasteiger partial charge on any atom is -0.454 e. The first-order valence-corrected chi connectivity index (χ1v) is 7.33. The highest BCUT2D eigenvalue weighted by Crippen LogP contribution is 2.35. The predicted molar refractivity (Wildman–Crippen MR) is 77.0 cm³/mol. The van der Waals surface area contributed by atoms with Crippen molar-refractivity contribution in [1.82, 2.24) is 4.90 Å². The first kappa shape index (κ1) is 13.7. The van der Waals surface area contributed by atoms with Crippen LogP contribution < -0.4 is 9.47 Å². The van der Waals surface area contributed by atoms with Crippen molar-refractivity contribution in [3.05, 3.63) is 23.8 Å². The van der Waals surface area contributed by atoms with E-state index >= 15 is 0 Å². The summed E-state index contributed by atoms with van der Waals surface area (Å²) in [5.41, 5.74) is 1.35. The molecule has 2 aliphatic heterocycles. The highest BCUT2D eigenvalue weighted by molar-refractivity contribution is 5.45. The first-order chi connectivity index (χ1) is 9.53. The van der Waals surface area contributed by atoms with Crippen molar-refractivity contribution in [3.8, 4) is 11.5 Å². The van der Waals surface area contributed by atoms with E-state index in [-0.39, 0.29) is 6.79 Å². The number of hydrogen-bond acceptors (Lipinski definition) is 4. The predicted octanol–water partition coefficient (Wildman–Crippen LogP) is 2.57. The van der Waals surface area contributed by atoms with Gasteiger partial charge >= 0.3 is 0 Å². The number of fused-ring (bicyclic) bond motifs is 1. The van der Waals surface area contributed by atoms with Crippen LogP contribution in [0.4, 0.5) is 0 Å². The average molecular weight is 277 g/mol. The molecule has 0 aliphatic carbocycles. The lowest BCUT2D eigenvalue weighted by atomic mass is 9.82. The maximum Gasteiger partial charge on any atom is 0.231 e. The topological polar surface area (TPSA) is 41.9 Å². The second-order valence-electron chi connectivity index (χ2n) is 6.59. The number of hydrogen-bond donors (Lipinski definition) is 1. The van der Waals surface area contributed by atoms with E-state index in [1.807, 2.05) is 18.2 Å². The number of rotatable bonds is 3. The van der Waals surface area contributed by atoms with Crippen LogP contribution in [-0.4, -0.2) is 36.4 Å². The van der Waals surface area contributed by atoms with Gasteiger partial charge in [-0.3, -0.25) is 0 Å². The van der Waals surface area contributed by atoms with E-state index in [9.17, 15) is 5.11 Å². The van der Waals surface area contributed by atoms with Crippen molar-refractivity contribution in [2.75, 3.05) is 26.4 Å². The molecule has 2 heterocycles. The van der Waals surface area contributed by atoms with Crippen LogP contribution in [0, 0.1) is 5.41 Å². The van der Waals surface area contributed by atoms with Crippen molar-refractivity contribution in [2.45, 2.75) is 32.8 Å². The minimum absolute atomic E-state index is 0.274. The molecule has 1 fully saturated rings. The van der Waals surface area contributed by atoms with Crippen LogP contribution in [0.3, 0.4) is 0 Å². The lowest BCUT2D eigenvalue weighted by Crippen LogP contribution is -2.39. The average Bonchev–Trinajstić information content (AvgIpc) is 2.88. The zero-order valence-corrected chi connectivity index (χ0v) is 12.3. The molecular weight excluding hydrogens is 254 g/mol. The SMILES string of the molecule is CC1(C)CCN(CC(O)c2ccc3c(c2)OCO3)CC1. The molecular formula is C16H23NO3. The van der Waals surface area contributed by atoms with E-state index in [1.54, 1.807) is 0 Å². The van der Waals surface area contributed by atoms with Gasteiger partial charge in [-0.25, -0.2) is 0 Å². The van der Waals surface area contributed by atoms with Gasteiger partial charge in [0.2, 0.25) is 6.79 Å². The van der Waals surface area contributed by atoms with Gasteiger partial charge in [0, 0.05) is 6.54 Å². The summed E-state index contributed by atoms with van der Waals surface area (Å²) >= 11 is 0. The Kier molecular flexibility index (Phi) is 3.61. The fourth-order valence-corrected chi connectivity index (χ4v) is 2.81. The van der Waals surface area contributed by atoms with Crippen molar-refractivity contribution in [2.24, 2.45) is 5.41 Å². The highest BCUT2D eigenvalue weighted by Gasteiger charge is 2.27. The van der Waals surface area contributed by atoms with Crippen LogP contribution in [-0.2, 0) is 0 Å². The smallest absolute Gasteiger partial charge is 0.231 e. The van der Waals surface area contributed by atoms with Gasteiger partial charge in [-0.05, 0) is 49.0 Å². The molecule has 0 amide bonds. The van der Waals surface area contributed by atoms with Gasteiger partial charge in [-0.2, -0.15) is 0 Å². The van der Waals surface area contributed by atoms with Crippen molar-refractivity contribution in [3.63, 3.8) is 0 Å². The Balaban J connectivity index is 1.61. The molecule has 4 heteroatoms. The Morgan fingerprint density at radius 2 is 1.90 bits per heavy atom. The second kappa shape index (κ2) is 5.26. The molecule has 0 saturated carbocycles. The van der Waals surface area contributed by atoms with Crippen molar-refractivity contribution < 1.29 is 14.6 Å². The van der Waals surface area contributed by atoms with E-state index < -0.39 is 6.10 Å². The number of aliphatic hydroxyl groups is 1. The standard InChI is InChI=1S/C16H23NO3/c1-16(2)5-7-17(8-6-16)10-13(18)12-3-4-14-15(9-12)20-11-19-14/h3-4,9,13,18H,5-8,10-11H2,1-2H3.